The van der Waals surface area contributed by atoms with E-state index in [0.717, 1.165) is 36.7 Å². The number of carbonyl (C=O) groups excluding carboxylic acids is 1. The van der Waals surface area contributed by atoms with Gasteiger partial charge < -0.3 is 4.57 Å². The minimum absolute atomic E-state index is 0.163. The highest BCUT2D eigenvalue weighted by atomic mass is 16.2. The lowest BCUT2D eigenvalue weighted by Gasteiger charge is -2.16. The Morgan fingerprint density at radius 3 is 2.68 bits per heavy atom. The molecule has 2 N–H and O–H groups in total. The van der Waals surface area contributed by atoms with E-state index in [1.807, 2.05) is 30.3 Å². The van der Waals surface area contributed by atoms with E-state index in [1.165, 1.54) is 0 Å². The van der Waals surface area contributed by atoms with Crippen LogP contribution in [0.3, 0.4) is 0 Å². The van der Waals surface area contributed by atoms with Crippen molar-refractivity contribution in [1.29, 1.82) is 0 Å². The number of nitrogens with zero attached hydrogens (tertiary/aromatic N) is 3. The molecule has 7 heteroatoms. The maximum Gasteiger partial charge on any atom is 0.282 e. The molecule has 28 heavy (non-hydrogen) atoms. The first kappa shape index (κ1) is 16.7. The van der Waals surface area contributed by atoms with Crippen molar-refractivity contribution < 1.29 is 4.79 Å². The second kappa shape index (κ2) is 6.60. The first-order valence-corrected chi connectivity index (χ1v) is 9.48. The van der Waals surface area contributed by atoms with Crippen LogP contribution in [0.25, 0.3) is 21.9 Å². The maximum absolute atomic E-state index is 12.9. The van der Waals surface area contributed by atoms with Crippen molar-refractivity contribution in [3.63, 3.8) is 0 Å². The number of hydrogen-bond acceptors (Lipinski definition) is 4. The van der Waals surface area contributed by atoms with Crippen molar-refractivity contribution in [3.05, 3.63) is 64.4 Å². The van der Waals surface area contributed by atoms with E-state index in [-0.39, 0.29) is 5.69 Å². The summed E-state index contributed by atoms with van der Waals surface area (Å²) in [5.74, 6) is -0.0889. The molecule has 1 aliphatic rings. The lowest BCUT2D eigenvalue weighted by Crippen LogP contribution is -2.26. The molecule has 5 rings (SSSR count). The Balaban J connectivity index is 1.57. The van der Waals surface area contributed by atoms with Gasteiger partial charge in [0.15, 0.2) is 5.69 Å². The van der Waals surface area contributed by atoms with Crippen LogP contribution >= 0.6 is 0 Å². The zero-order chi connectivity index (χ0) is 19.1. The minimum Gasteiger partial charge on any atom is -0.307 e. The molecule has 0 unspecified atom stereocenters. The molecule has 0 bridgehead atoms. The fourth-order valence-corrected chi connectivity index (χ4v) is 4.05. The van der Waals surface area contributed by atoms with Crippen LogP contribution in [0.2, 0.25) is 0 Å². The average molecular weight is 373 g/mol. The van der Waals surface area contributed by atoms with Crippen LogP contribution in [0.4, 0.5) is 5.95 Å². The molecule has 140 valence electrons. The van der Waals surface area contributed by atoms with Gasteiger partial charge in [-0.2, -0.15) is 5.10 Å². The fraction of sp³-hybridized carbons (Fsp3) is 0.238. The number of nitrogens with one attached hydrogen (secondary N) is 2. The number of benzene rings is 2. The molecule has 0 spiro atoms. The van der Waals surface area contributed by atoms with Gasteiger partial charge in [-0.15, -0.1) is 0 Å². The van der Waals surface area contributed by atoms with Crippen LogP contribution in [-0.4, -0.2) is 25.7 Å². The minimum atomic E-state index is -0.554. The molecule has 0 saturated heterocycles. The van der Waals surface area contributed by atoms with Gasteiger partial charge in [0.05, 0.1) is 16.6 Å². The van der Waals surface area contributed by atoms with E-state index in [4.69, 9.17) is 0 Å². The van der Waals surface area contributed by atoms with Crippen LogP contribution in [0.5, 0.6) is 0 Å². The maximum atomic E-state index is 12.9. The molecule has 0 radical (unpaired) electrons. The molecule has 1 saturated carbocycles. The summed E-state index contributed by atoms with van der Waals surface area (Å²) in [6.45, 7) is 0. The van der Waals surface area contributed by atoms with Gasteiger partial charge in [0.1, 0.15) is 0 Å². The third-order valence-corrected chi connectivity index (χ3v) is 5.40. The second-order valence-electron chi connectivity index (χ2n) is 7.13. The number of aromatic nitrogens is 4. The Kier molecular flexibility index (Phi) is 3.93. The van der Waals surface area contributed by atoms with Crippen LogP contribution < -0.4 is 10.7 Å². The number of imidazole rings is 1. The van der Waals surface area contributed by atoms with Gasteiger partial charge >= 0.3 is 0 Å². The number of aromatic amines is 1. The molecule has 2 heterocycles. The summed E-state index contributed by atoms with van der Waals surface area (Å²) in [5.41, 5.74) is 1.86. The smallest absolute Gasteiger partial charge is 0.282 e. The predicted molar refractivity (Wildman–Crippen MR) is 108 cm³/mol. The Morgan fingerprint density at radius 1 is 1.07 bits per heavy atom. The zero-order valence-electron chi connectivity index (χ0n) is 15.2. The van der Waals surface area contributed by atoms with Crippen LogP contribution in [0.15, 0.2) is 53.3 Å². The van der Waals surface area contributed by atoms with E-state index in [2.05, 4.69) is 25.1 Å². The summed E-state index contributed by atoms with van der Waals surface area (Å²) in [6, 6.07) is 15.1. The quantitative estimate of drug-likeness (QED) is 0.573. The molecule has 2 aromatic heterocycles. The monoisotopic (exact) mass is 373 g/mol. The fourth-order valence-electron chi connectivity index (χ4n) is 4.05. The Labute approximate surface area is 160 Å². The third kappa shape index (κ3) is 2.67. The molecule has 1 fully saturated rings. The lowest BCUT2D eigenvalue weighted by molar-refractivity contribution is 0.101. The van der Waals surface area contributed by atoms with Crippen molar-refractivity contribution in [2.24, 2.45) is 0 Å². The van der Waals surface area contributed by atoms with Gasteiger partial charge in [0.2, 0.25) is 11.4 Å². The highest BCUT2D eigenvalue weighted by Crippen LogP contribution is 2.35. The van der Waals surface area contributed by atoms with E-state index in [1.54, 1.807) is 18.2 Å². The van der Waals surface area contributed by atoms with Crippen molar-refractivity contribution >= 4 is 33.8 Å². The van der Waals surface area contributed by atoms with Crippen LogP contribution in [0, 0.1) is 0 Å². The molecule has 1 amide bonds. The van der Waals surface area contributed by atoms with Gasteiger partial charge in [-0.1, -0.05) is 37.1 Å². The van der Waals surface area contributed by atoms with Crippen molar-refractivity contribution in [2.45, 2.75) is 31.7 Å². The highest BCUT2D eigenvalue weighted by Gasteiger charge is 2.25. The van der Waals surface area contributed by atoms with Crippen LogP contribution in [0.1, 0.15) is 42.2 Å². The van der Waals surface area contributed by atoms with E-state index in [9.17, 15) is 9.59 Å². The Hall–Kier alpha value is -3.48. The predicted octanol–water partition coefficient (Wildman–Crippen LogP) is 3.64. The summed E-state index contributed by atoms with van der Waals surface area (Å²) >= 11 is 0. The van der Waals surface area contributed by atoms with Gasteiger partial charge in [-0.3, -0.25) is 20.0 Å². The number of H-pyrrole nitrogens is 1. The van der Waals surface area contributed by atoms with Gasteiger partial charge in [-0.25, -0.2) is 4.98 Å². The van der Waals surface area contributed by atoms with E-state index < -0.39 is 11.3 Å². The SMILES string of the molecule is O=C(Nc1nc2ccccc2n1C1CCCC1)c1n[nH]c2ccccc2c1=O. The number of amides is 1. The van der Waals surface area contributed by atoms with Gasteiger partial charge in [-0.05, 0) is 37.1 Å². The summed E-state index contributed by atoms with van der Waals surface area (Å²) in [7, 11) is 0. The number of carbonyl (C=O) groups is 1. The van der Waals surface area contributed by atoms with Crippen LogP contribution in [-0.2, 0) is 0 Å². The molecule has 0 aliphatic heterocycles. The van der Waals surface area contributed by atoms with Gasteiger partial charge in [0, 0.05) is 11.4 Å². The summed E-state index contributed by atoms with van der Waals surface area (Å²) in [4.78, 5) is 30.2. The molecule has 0 atom stereocenters. The lowest BCUT2D eigenvalue weighted by atomic mass is 10.2. The van der Waals surface area contributed by atoms with Gasteiger partial charge in [0.25, 0.3) is 5.91 Å². The first-order valence-electron chi connectivity index (χ1n) is 9.48. The normalized spacial score (nSPS) is 14.7. The topological polar surface area (TPSA) is 92.7 Å². The molecule has 7 nitrogen and oxygen atoms in total. The number of anilines is 1. The average Bonchev–Trinajstić information content (AvgIpc) is 3.35. The second-order valence-corrected chi connectivity index (χ2v) is 7.13. The highest BCUT2D eigenvalue weighted by molar-refractivity contribution is 6.04. The summed E-state index contributed by atoms with van der Waals surface area (Å²) < 4.78 is 2.09. The number of hydrogen-bond donors (Lipinski definition) is 2. The van der Waals surface area contributed by atoms with Crippen molar-refractivity contribution in [2.75, 3.05) is 5.32 Å². The Bertz CT molecular complexity index is 1250. The van der Waals surface area contributed by atoms with E-state index in [0.29, 0.717) is 22.9 Å². The summed E-state index contributed by atoms with van der Waals surface area (Å²) in [5, 5.41) is 10.0. The molecular weight excluding hydrogens is 354 g/mol. The van der Waals surface area contributed by atoms with Crippen molar-refractivity contribution in [1.82, 2.24) is 19.7 Å². The first-order chi connectivity index (χ1) is 13.7. The van der Waals surface area contributed by atoms with E-state index >= 15 is 0 Å². The molecule has 1 aliphatic carbocycles. The molecule has 4 aromatic rings. The largest absolute Gasteiger partial charge is 0.307 e. The standard InChI is InChI=1S/C21H19N5O2/c27-19-14-9-3-4-10-15(14)24-25-18(19)20(28)23-21-22-16-11-5-6-12-17(16)26(21)13-7-1-2-8-13/h3-6,9-13H,1-2,7-8H2,(H,24,27)(H,22,23,28). The molecular formula is C21H19N5O2. The summed E-state index contributed by atoms with van der Waals surface area (Å²) in [6.07, 6.45) is 4.43. The van der Waals surface area contributed by atoms with Crippen molar-refractivity contribution in [3.8, 4) is 0 Å². The Morgan fingerprint density at radius 2 is 1.82 bits per heavy atom. The third-order valence-electron chi connectivity index (χ3n) is 5.40. The number of rotatable bonds is 3. The molecule has 2 aromatic carbocycles. The number of para-hydroxylation sites is 3. The number of fused-ring (bicyclic) bond motifs is 2. The zero-order valence-corrected chi connectivity index (χ0v) is 15.2.